The van der Waals surface area contributed by atoms with Crippen LogP contribution in [0, 0.1) is 11.8 Å². The molecule has 0 aromatic rings. The van der Waals surface area contributed by atoms with E-state index in [-0.39, 0.29) is 75.5 Å². The van der Waals surface area contributed by atoms with Gasteiger partial charge in [-0.2, -0.15) is 8.42 Å². The third-order valence-electron chi connectivity index (χ3n) is 5.00. The van der Waals surface area contributed by atoms with Crippen LogP contribution in [0.5, 0.6) is 0 Å². The van der Waals surface area contributed by atoms with Crippen LogP contribution in [0.4, 0.5) is 0 Å². The molecule has 0 aliphatic heterocycles. The number of rotatable bonds is 16. The molecule has 0 fully saturated rings. The van der Waals surface area contributed by atoms with Crippen molar-refractivity contribution >= 4 is 22.1 Å². The summed E-state index contributed by atoms with van der Waals surface area (Å²) < 4.78 is 42.8. The Bertz CT molecular complexity index is 564. The summed E-state index contributed by atoms with van der Waals surface area (Å²) in [7, 11) is -4.76. The summed E-state index contributed by atoms with van der Waals surface area (Å²) in [6.07, 6.45) is 6.74. The smallest absolute Gasteiger partial charge is 1.00 e. The summed E-state index contributed by atoms with van der Waals surface area (Å²) in [4.78, 5) is 24.2. The summed E-state index contributed by atoms with van der Waals surface area (Å²) in [6, 6.07) is 0. The summed E-state index contributed by atoms with van der Waals surface area (Å²) in [5.41, 5.74) is 0. The third-order valence-corrected chi connectivity index (χ3v) is 6.08. The Morgan fingerprint density at radius 3 is 1.70 bits per heavy atom. The first kappa shape index (κ1) is 35.1. The number of ether oxygens (including phenoxy) is 2. The average Bonchev–Trinajstić information content (AvgIpc) is 2.65. The average molecular weight is 512 g/mol. The minimum absolute atomic E-state index is 0. The van der Waals surface area contributed by atoms with Gasteiger partial charge in [0.15, 0.2) is 5.25 Å². The van der Waals surface area contributed by atoms with E-state index in [0.717, 1.165) is 51.4 Å². The molecule has 0 aliphatic rings. The molecule has 3 atom stereocenters. The first-order valence-corrected chi connectivity index (χ1v) is 12.0. The fraction of sp³-hybridized carbons (Fsp3) is 0.900. The Morgan fingerprint density at radius 2 is 1.33 bits per heavy atom. The Hall–Kier alpha value is 0.473. The molecule has 0 spiro atoms. The van der Waals surface area contributed by atoms with E-state index in [1.807, 2.05) is 13.8 Å². The quantitative estimate of drug-likeness (QED) is 0.189. The molecule has 0 heterocycles. The number of carbonyl (C=O) groups excluding carboxylic acids is 2. The van der Waals surface area contributed by atoms with E-state index in [9.17, 15) is 22.6 Å². The maximum absolute atomic E-state index is 12.2. The van der Waals surface area contributed by atoms with Gasteiger partial charge in [0, 0.05) is 19.5 Å². The Kier molecular flexibility index (Phi) is 23.5. The third kappa shape index (κ3) is 16.2. The van der Waals surface area contributed by atoms with E-state index in [1.165, 1.54) is 0 Å². The molecule has 170 valence electrons. The fourth-order valence-electron chi connectivity index (χ4n) is 2.82. The van der Waals surface area contributed by atoms with Crippen molar-refractivity contribution in [3.8, 4) is 0 Å². The number of carbonyl (C=O) groups is 2. The van der Waals surface area contributed by atoms with Gasteiger partial charge < -0.3 is 10.9 Å². The number of unbranched alkanes of at least 4 members (excludes halogenated alkanes) is 2. The molecular formula is C20H39NaO7SZn. The first-order chi connectivity index (χ1) is 13.2. The Morgan fingerprint density at radius 1 is 0.900 bits per heavy atom. The normalized spacial score (nSPS) is 13.9. The summed E-state index contributed by atoms with van der Waals surface area (Å²) in [5.74, 6) is -1.61. The number of hydrogen-bond acceptors (Lipinski definition) is 6. The van der Waals surface area contributed by atoms with Crippen molar-refractivity contribution in [3.63, 3.8) is 0 Å². The molecule has 0 aromatic carbocycles. The van der Waals surface area contributed by atoms with E-state index in [1.54, 1.807) is 0 Å². The van der Waals surface area contributed by atoms with Crippen LogP contribution in [-0.4, -0.2) is 43.4 Å². The van der Waals surface area contributed by atoms with Gasteiger partial charge in [0.05, 0.1) is 19.6 Å². The van der Waals surface area contributed by atoms with E-state index in [4.69, 9.17) is 9.47 Å². The molecular weight excluding hydrogens is 473 g/mol. The molecule has 0 bridgehead atoms. The van der Waals surface area contributed by atoms with Crippen LogP contribution in [0.3, 0.4) is 0 Å². The standard InChI is InChI=1S/C20H38O7S.Na.Zn.H/c1-5-9-11-16(7-3)14-26-19(21)13-18(28(23,24)25)20(22)27-15-17(8-4)12-10-6-2;;;/h16-18H,5-15H2,1-4H3,(H,23,24,25);;;/q;+1;;-1. The van der Waals surface area contributed by atoms with Crippen LogP contribution in [0.2, 0.25) is 0 Å². The zero-order valence-electron chi connectivity index (χ0n) is 20.5. The first-order valence-electron chi connectivity index (χ1n) is 10.5. The van der Waals surface area contributed by atoms with Crippen molar-refractivity contribution in [2.24, 2.45) is 11.8 Å². The maximum Gasteiger partial charge on any atom is 1.00 e. The molecule has 0 aliphatic carbocycles. The zero-order chi connectivity index (χ0) is 21.6. The van der Waals surface area contributed by atoms with E-state index in [0.29, 0.717) is 0 Å². The molecule has 3 unspecified atom stereocenters. The fourth-order valence-corrected chi connectivity index (χ4v) is 3.48. The van der Waals surface area contributed by atoms with Crippen LogP contribution >= 0.6 is 0 Å². The second kappa shape index (κ2) is 20.1. The predicted molar refractivity (Wildman–Crippen MR) is 110 cm³/mol. The van der Waals surface area contributed by atoms with Crippen molar-refractivity contribution < 1.29 is 82.5 Å². The van der Waals surface area contributed by atoms with Crippen LogP contribution in [0.15, 0.2) is 0 Å². The molecule has 0 saturated carbocycles. The van der Waals surface area contributed by atoms with E-state index < -0.39 is 33.7 Å². The van der Waals surface area contributed by atoms with Crippen LogP contribution < -0.4 is 29.6 Å². The zero-order valence-corrected chi connectivity index (χ0v) is 25.3. The number of esters is 2. The van der Waals surface area contributed by atoms with Gasteiger partial charge in [-0.1, -0.05) is 66.2 Å². The van der Waals surface area contributed by atoms with Crippen molar-refractivity contribution in [2.75, 3.05) is 13.2 Å². The van der Waals surface area contributed by atoms with Crippen LogP contribution in [0.25, 0.3) is 0 Å². The molecule has 7 nitrogen and oxygen atoms in total. The topological polar surface area (TPSA) is 107 Å². The SMILES string of the molecule is CCCCC(CC)COC(=O)CC(C(=O)OCC(CC)CCCC)S(=O)(=O)O.[H-].[Na+].[Zn]. The molecule has 1 N–H and O–H groups in total. The van der Waals surface area contributed by atoms with E-state index >= 15 is 0 Å². The molecule has 10 heteroatoms. The second-order valence-corrected chi connectivity index (χ2v) is 8.95. The second-order valence-electron chi connectivity index (χ2n) is 7.35. The summed E-state index contributed by atoms with van der Waals surface area (Å²) in [5, 5.41) is -1.95. The van der Waals surface area contributed by atoms with E-state index in [2.05, 4.69) is 13.8 Å². The van der Waals surface area contributed by atoms with Crippen molar-refractivity contribution in [2.45, 2.75) is 90.7 Å². The predicted octanol–water partition coefficient (Wildman–Crippen LogP) is 1.27. The molecule has 30 heavy (non-hydrogen) atoms. The minimum atomic E-state index is -4.76. The van der Waals surface area contributed by atoms with Crippen molar-refractivity contribution in [1.82, 2.24) is 0 Å². The van der Waals surface area contributed by atoms with Gasteiger partial charge >= 0.3 is 41.5 Å². The number of hydrogen-bond donors (Lipinski definition) is 1. The Labute approximate surface area is 219 Å². The van der Waals surface area contributed by atoms with Crippen LogP contribution in [-0.2, 0) is 48.7 Å². The molecule has 0 aromatic heterocycles. The summed E-state index contributed by atoms with van der Waals surface area (Å²) in [6.45, 7) is 8.35. The summed E-state index contributed by atoms with van der Waals surface area (Å²) >= 11 is 0. The largest absolute Gasteiger partial charge is 1.00 e. The monoisotopic (exact) mass is 510 g/mol. The maximum atomic E-state index is 12.2. The van der Waals surface area contributed by atoms with Gasteiger partial charge in [-0.05, 0) is 24.7 Å². The van der Waals surface area contributed by atoms with Crippen LogP contribution in [0.1, 0.15) is 86.9 Å². The van der Waals surface area contributed by atoms with Crippen molar-refractivity contribution in [1.29, 1.82) is 0 Å². The van der Waals surface area contributed by atoms with Crippen molar-refractivity contribution in [3.05, 3.63) is 0 Å². The molecule has 0 radical (unpaired) electrons. The molecule has 0 saturated heterocycles. The van der Waals surface area contributed by atoms with Gasteiger partial charge in [0.25, 0.3) is 10.1 Å². The minimum Gasteiger partial charge on any atom is -1.00 e. The van der Waals surface area contributed by atoms with Gasteiger partial charge in [-0.15, -0.1) is 0 Å². The molecule has 0 amide bonds. The van der Waals surface area contributed by atoms with Gasteiger partial charge in [0.1, 0.15) is 0 Å². The molecule has 0 rings (SSSR count). The van der Waals surface area contributed by atoms with Gasteiger partial charge in [-0.3, -0.25) is 14.1 Å². The Balaban J connectivity index is -0.00000121. The van der Waals surface area contributed by atoms with Gasteiger partial charge in [-0.25, -0.2) is 0 Å². The van der Waals surface area contributed by atoms with Gasteiger partial charge in [0.2, 0.25) is 0 Å².